The number of unbranched alkanes of at least 4 members (excludes halogenated alkanes) is 29. The average Bonchev–Trinajstić information content (AvgIpc) is 3.49. The van der Waals surface area contributed by atoms with E-state index in [0.29, 0.717) is 19.3 Å². The Bertz CT molecular complexity index is 1750. The van der Waals surface area contributed by atoms with E-state index in [1.807, 2.05) is 0 Å². The molecule has 0 aromatic carbocycles. The number of esters is 3. The number of carbonyl (C=O) groups is 3. The molecule has 0 aliphatic rings. The Morgan fingerprint density at radius 1 is 0.253 bits per heavy atom. The SMILES string of the molecule is CC/C=C\C/C=C\C/C=C\C/C=C\C/C=C\CCCCCCCCCCCCCCCCCCCC(=O)OCC(COC(=O)CCCCCCC/C=C\C/C=C\CCCCC)OC(=O)CCCCCC/C=C\C/C=C\C/C=C\C/C=C\CC. The Morgan fingerprint density at radius 2 is 0.470 bits per heavy atom. The number of hydrogen-bond acceptors (Lipinski definition) is 6. The molecule has 0 aromatic rings. The van der Waals surface area contributed by atoms with Gasteiger partial charge in [-0.2, -0.15) is 0 Å². The van der Waals surface area contributed by atoms with Crippen LogP contribution in [0.25, 0.3) is 0 Å². The van der Waals surface area contributed by atoms with Gasteiger partial charge in [0, 0.05) is 19.3 Å². The van der Waals surface area contributed by atoms with Crippen LogP contribution in [0.2, 0.25) is 0 Å². The third-order valence-electron chi connectivity index (χ3n) is 14.6. The van der Waals surface area contributed by atoms with E-state index in [-0.39, 0.29) is 31.1 Å². The largest absolute Gasteiger partial charge is 0.462 e. The van der Waals surface area contributed by atoms with E-state index in [1.54, 1.807) is 0 Å². The summed E-state index contributed by atoms with van der Waals surface area (Å²) in [7, 11) is 0. The van der Waals surface area contributed by atoms with E-state index in [0.717, 1.165) is 154 Å². The van der Waals surface area contributed by atoms with Gasteiger partial charge in [0.1, 0.15) is 13.2 Å². The number of carbonyl (C=O) groups excluding carboxylic acids is 3. The van der Waals surface area contributed by atoms with E-state index in [9.17, 15) is 14.4 Å². The summed E-state index contributed by atoms with van der Waals surface area (Å²) in [5.74, 6) is -0.924. The van der Waals surface area contributed by atoms with E-state index in [1.165, 1.54) is 122 Å². The van der Waals surface area contributed by atoms with Crippen molar-refractivity contribution in [2.24, 2.45) is 0 Å². The molecule has 0 spiro atoms. The molecule has 0 aliphatic carbocycles. The monoisotopic (exact) mass is 1150 g/mol. The fourth-order valence-electron chi connectivity index (χ4n) is 9.49. The van der Waals surface area contributed by atoms with Crippen molar-refractivity contribution in [2.45, 2.75) is 322 Å². The van der Waals surface area contributed by atoms with Crippen molar-refractivity contribution in [3.05, 3.63) is 134 Å². The van der Waals surface area contributed by atoms with Gasteiger partial charge in [0.15, 0.2) is 6.10 Å². The lowest BCUT2D eigenvalue weighted by molar-refractivity contribution is -0.167. The molecule has 0 aliphatic heterocycles. The molecule has 0 fully saturated rings. The second kappa shape index (κ2) is 70.0. The molecule has 472 valence electrons. The lowest BCUT2D eigenvalue weighted by Gasteiger charge is -2.18. The van der Waals surface area contributed by atoms with Gasteiger partial charge in [0.25, 0.3) is 0 Å². The van der Waals surface area contributed by atoms with Crippen molar-refractivity contribution in [1.82, 2.24) is 0 Å². The minimum absolute atomic E-state index is 0.0934. The minimum Gasteiger partial charge on any atom is -0.462 e. The van der Waals surface area contributed by atoms with Crippen molar-refractivity contribution < 1.29 is 28.6 Å². The molecule has 0 rings (SSSR count). The summed E-state index contributed by atoms with van der Waals surface area (Å²) in [6, 6.07) is 0. The molecule has 1 atom stereocenters. The van der Waals surface area contributed by atoms with E-state index >= 15 is 0 Å². The molecule has 0 saturated carbocycles. The van der Waals surface area contributed by atoms with Crippen LogP contribution in [0.15, 0.2) is 134 Å². The number of hydrogen-bond donors (Lipinski definition) is 0. The smallest absolute Gasteiger partial charge is 0.306 e. The molecule has 0 aromatic heterocycles. The predicted octanol–water partition coefficient (Wildman–Crippen LogP) is 24.1. The highest BCUT2D eigenvalue weighted by molar-refractivity contribution is 5.71. The highest BCUT2D eigenvalue weighted by atomic mass is 16.6. The Morgan fingerprint density at radius 3 is 0.735 bits per heavy atom. The number of rotatable bonds is 62. The summed E-state index contributed by atoms with van der Waals surface area (Å²) in [6.07, 6.45) is 99.1. The van der Waals surface area contributed by atoms with Crippen molar-refractivity contribution in [1.29, 1.82) is 0 Å². The third-order valence-corrected chi connectivity index (χ3v) is 14.6. The fourth-order valence-corrected chi connectivity index (χ4v) is 9.49. The lowest BCUT2D eigenvalue weighted by Crippen LogP contribution is -2.30. The van der Waals surface area contributed by atoms with Crippen LogP contribution >= 0.6 is 0 Å². The first-order valence-electron chi connectivity index (χ1n) is 34.7. The van der Waals surface area contributed by atoms with Gasteiger partial charge < -0.3 is 14.2 Å². The second-order valence-corrected chi connectivity index (χ2v) is 22.7. The van der Waals surface area contributed by atoms with Crippen molar-refractivity contribution >= 4 is 17.9 Å². The van der Waals surface area contributed by atoms with Crippen LogP contribution in [0, 0.1) is 0 Å². The van der Waals surface area contributed by atoms with E-state index < -0.39 is 6.10 Å². The molecule has 0 amide bonds. The number of allylic oxidation sites excluding steroid dienone is 22. The van der Waals surface area contributed by atoms with Gasteiger partial charge >= 0.3 is 17.9 Å². The first-order valence-corrected chi connectivity index (χ1v) is 34.7. The van der Waals surface area contributed by atoms with Crippen LogP contribution in [-0.4, -0.2) is 37.2 Å². The molecule has 1 unspecified atom stereocenters. The zero-order valence-electron chi connectivity index (χ0n) is 54.2. The molecule has 6 nitrogen and oxygen atoms in total. The van der Waals surface area contributed by atoms with Crippen LogP contribution in [0.3, 0.4) is 0 Å². The molecule has 0 heterocycles. The Labute approximate surface area is 513 Å². The standard InChI is InChI=1S/C77H128O6/c1-4-7-10-13-16-19-22-25-28-30-31-32-33-34-35-36-37-38-39-40-41-42-43-44-45-47-49-52-55-58-61-64-67-70-76(79)82-73-74(72-81-75(78)69-66-63-60-57-54-51-48-27-24-21-18-15-12-9-6-3)83-77(80)71-68-65-62-59-56-53-50-46-29-26-23-20-17-14-11-8-5-2/h7-8,10-11,16-21,25-29,31-32,34-35,48,50,53,74H,4-6,9,12-15,22-24,30,33,36-47,49,51-52,54-73H2,1-3H3/b10-7-,11-8-,19-16-,20-17-,21-18-,28-25-,29-26-,32-31-,35-34-,48-27-,53-50-. The zero-order valence-corrected chi connectivity index (χ0v) is 54.2. The predicted molar refractivity (Wildman–Crippen MR) is 362 cm³/mol. The number of ether oxygens (including phenoxy) is 3. The maximum absolute atomic E-state index is 12.9. The molecule has 0 radical (unpaired) electrons. The van der Waals surface area contributed by atoms with E-state index in [4.69, 9.17) is 14.2 Å². The van der Waals surface area contributed by atoms with Gasteiger partial charge in [-0.3, -0.25) is 14.4 Å². The van der Waals surface area contributed by atoms with Gasteiger partial charge in [-0.15, -0.1) is 0 Å². The van der Waals surface area contributed by atoms with E-state index in [2.05, 4.69) is 154 Å². The maximum Gasteiger partial charge on any atom is 0.306 e. The van der Waals surface area contributed by atoms with Crippen molar-refractivity contribution in [3.8, 4) is 0 Å². The summed E-state index contributed by atoms with van der Waals surface area (Å²) in [5, 5.41) is 0. The van der Waals surface area contributed by atoms with Crippen LogP contribution in [-0.2, 0) is 28.6 Å². The van der Waals surface area contributed by atoms with Crippen molar-refractivity contribution in [2.75, 3.05) is 13.2 Å². The van der Waals surface area contributed by atoms with Crippen LogP contribution < -0.4 is 0 Å². The van der Waals surface area contributed by atoms with Crippen LogP contribution in [0.1, 0.15) is 316 Å². The minimum atomic E-state index is -0.801. The molecule has 0 bridgehead atoms. The van der Waals surface area contributed by atoms with Crippen LogP contribution in [0.5, 0.6) is 0 Å². The molecule has 83 heavy (non-hydrogen) atoms. The van der Waals surface area contributed by atoms with Gasteiger partial charge in [-0.1, -0.05) is 296 Å². The third kappa shape index (κ3) is 68.2. The van der Waals surface area contributed by atoms with Crippen LogP contribution in [0.4, 0.5) is 0 Å². The van der Waals surface area contributed by atoms with Gasteiger partial charge in [0.2, 0.25) is 0 Å². The fraction of sp³-hybridized carbons (Fsp3) is 0.675. The second-order valence-electron chi connectivity index (χ2n) is 22.7. The first-order chi connectivity index (χ1) is 41.0. The van der Waals surface area contributed by atoms with Gasteiger partial charge in [-0.05, 0) is 135 Å². The Hall–Kier alpha value is -4.45. The molecular weight excluding hydrogens is 1020 g/mol. The normalized spacial score (nSPS) is 13.0. The summed E-state index contributed by atoms with van der Waals surface area (Å²) in [5.41, 5.74) is 0. The maximum atomic E-state index is 12.9. The first kappa shape index (κ1) is 78.5. The molecule has 0 saturated heterocycles. The summed E-state index contributed by atoms with van der Waals surface area (Å²) in [4.78, 5) is 38.4. The zero-order chi connectivity index (χ0) is 59.9. The summed E-state index contributed by atoms with van der Waals surface area (Å²) < 4.78 is 16.9. The summed E-state index contributed by atoms with van der Waals surface area (Å²) in [6.45, 7) is 6.37. The highest BCUT2D eigenvalue weighted by Gasteiger charge is 2.19. The highest BCUT2D eigenvalue weighted by Crippen LogP contribution is 2.17. The molecule has 0 N–H and O–H groups in total. The van der Waals surface area contributed by atoms with Gasteiger partial charge in [0.05, 0.1) is 0 Å². The lowest BCUT2D eigenvalue weighted by atomic mass is 10.0. The Kier molecular flexibility index (Phi) is 66.3. The molecule has 6 heteroatoms. The van der Waals surface area contributed by atoms with Crippen molar-refractivity contribution in [3.63, 3.8) is 0 Å². The molecular formula is C77H128O6. The summed E-state index contributed by atoms with van der Waals surface area (Å²) >= 11 is 0. The Balaban J connectivity index is 4.25. The quantitative estimate of drug-likeness (QED) is 0.0261. The average molecular weight is 1150 g/mol. The topological polar surface area (TPSA) is 78.9 Å². The van der Waals surface area contributed by atoms with Gasteiger partial charge in [-0.25, -0.2) is 0 Å².